The second-order valence-electron chi connectivity index (χ2n) is 7.59. The van der Waals surface area contributed by atoms with Crippen LogP contribution in [0.3, 0.4) is 0 Å². The number of aliphatic hydroxyl groups excluding tert-OH is 1. The van der Waals surface area contributed by atoms with Gasteiger partial charge < -0.3 is 9.84 Å². The van der Waals surface area contributed by atoms with Crippen molar-refractivity contribution in [2.75, 3.05) is 7.11 Å². The topological polar surface area (TPSA) is 46.5 Å². The molecular formula is C19H24O3. The summed E-state index contributed by atoms with van der Waals surface area (Å²) >= 11 is 0. The van der Waals surface area contributed by atoms with Gasteiger partial charge in [-0.3, -0.25) is 4.79 Å². The van der Waals surface area contributed by atoms with Crippen LogP contribution in [0.15, 0.2) is 18.2 Å². The van der Waals surface area contributed by atoms with E-state index in [1.807, 2.05) is 12.1 Å². The van der Waals surface area contributed by atoms with Gasteiger partial charge in [0.05, 0.1) is 13.2 Å². The molecule has 2 saturated carbocycles. The Hall–Kier alpha value is -1.35. The number of rotatable bonds is 1. The third-order valence-corrected chi connectivity index (χ3v) is 6.77. The van der Waals surface area contributed by atoms with Gasteiger partial charge in [0.15, 0.2) is 5.78 Å². The predicted octanol–water partition coefficient (Wildman–Crippen LogP) is 3.55. The number of ether oxygens (including phenoxy) is 1. The van der Waals surface area contributed by atoms with Crippen LogP contribution in [0.1, 0.15) is 60.9 Å². The van der Waals surface area contributed by atoms with Gasteiger partial charge in [0.2, 0.25) is 0 Å². The molecule has 22 heavy (non-hydrogen) atoms. The van der Waals surface area contributed by atoms with E-state index >= 15 is 0 Å². The highest BCUT2D eigenvalue weighted by molar-refractivity contribution is 5.99. The van der Waals surface area contributed by atoms with Crippen molar-refractivity contribution in [3.8, 4) is 5.75 Å². The third kappa shape index (κ3) is 1.81. The van der Waals surface area contributed by atoms with E-state index < -0.39 is 0 Å². The standard InChI is InChI=1S/C19H24O3/c1-19-8-7-13-12-4-3-11(22-2)9-15(12)17(20)10-14(13)16(19)5-6-18(19)21/h3-4,9,13-14,16,18,21H,5-8,10H2,1-2H3/t13-,14-,16+,18-,19+/m1/s1. The zero-order valence-corrected chi connectivity index (χ0v) is 13.3. The fourth-order valence-electron chi connectivity index (χ4n) is 5.48. The van der Waals surface area contributed by atoms with Crippen molar-refractivity contribution in [3.05, 3.63) is 29.3 Å². The van der Waals surface area contributed by atoms with Crippen molar-refractivity contribution in [2.24, 2.45) is 17.3 Å². The van der Waals surface area contributed by atoms with Crippen molar-refractivity contribution in [2.45, 2.75) is 51.0 Å². The average Bonchev–Trinajstić information content (AvgIpc) is 2.83. The van der Waals surface area contributed by atoms with Crippen LogP contribution >= 0.6 is 0 Å². The highest BCUT2D eigenvalue weighted by atomic mass is 16.5. The van der Waals surface area contributed by atoms with Crippen LogP contribution in [0.25, 0.3) is 0 Å². The molecular weight excluding hydrogens is 276 g/mol. The molecule has 3 aliphatic rings. The molecule has 0 saturated heterocycles. The van der Waals surface area contributed by atoms with Crippen molar-refractivity contribution in [3.63, 3.8) is 0 Å². The number of fused-ring (bicyclic) bond motifs is 5. The largest absolute Gasteiger partial charge is 0.497 e. The van der Waals surface area contributed by atoms with Crippen LogP contribution in [-0.2, 0) is 0 Å². The molecule has 0 spiro atoms. The molecule has 3 heteroatoms. The van der Waals surface area contributed by atoms with E-state index in [9.17, 15) is 9.90 Å². The lowest BCUT2D eigenvalue weighted by atomic mass is 9.55. The first-order chi connectivity index (χ1) is 10.5. The third-order valence-electron chi connectivity index (χ3n) is 6.77. The van der Waals surface area contributed by atoms with Gasteiger partial charge in [-0.1, -0.05) is 13.0 Å². The van der Waals surface area contributed by atoms with Crippen molar-refractivity contribution < 1.29 is 14.6 Å². The summed E-state index contributed by atoms with van der Waals surface area (Å²) in [5.74, 6) is 2.38. The number of aliphatic hydroxyl groups is 1. The lowest BCUT2D eigenvalue weighted by molar-refractivity contribution is -0.0208. The fraction of sp³-hybridized carbons (Fsp3) is 0.632. The second-order valence-corrected chi connectivity index (χ2v) is 7.59. The molecule has 1 aromatic rings. The number of hydrogen-bond acceptors (Lipinski definition) is 3. The van der Waals surface area contributed by atoms with Gasteiger partial charge in [0, 0.05) is 12.0 Å². The fourth-order valence-corrected chi connectivity index (χ4v) is 5.48. The number of benzene rings is 1. The Bertz CT molecular complexity index is 623. The molecule has 3 aliphatic carbocycles. The quantitative estimate of drug-likeness (QED) is 0.862. The first-order valence-corrected chi connectivity index (χ1v) is 8.44. The van der Waals surface area contributed by atoms with E-state index in [-0.39, 0.29) is 17.3 Å². The highest BCUT2D eigenvalue weighted by Crippen LogP contribution is 2.60. The molecule has 0 bridgehead atoms. The van der Waals surface area contributed by atoms with Crippen LogP contribution in [-0.4, -0.2) is 24.1 Å². The Morgan fingerprint density at radius 2 is 2.09 bits per heavy atom. The van der Waals surface area contributed by atoms with Crippen LogP contribution in [0, 0.1) is 17.3 Å². The van der Waals surface area contributed by atoms with Gasteiger partial charge >= 0.3 is 0 Å². The minimum absolute atomic E-state index is 0.0193. The Kier molecular flexibility index (Phi) is 3.12. The van der Waals surface area contributed by atoms with Gasteiger partial charge in [-0.05, 0) is 66.5 Å². The molecule has 0 aliphatic heterocycles. The summed E-state index contributed by atoms with van der Waals surface area (Å²) in [6.07, 6.45) is 4.57. The molecule has 1 aromatic carbocycles. The Morgan fingerprint density at radius 1 is 1.27 bits per heavy atom. The SMILES string of the molecule is COc1ccc2c(c1)C(=O)C[C@@H]1[C@@H]2CC[C@]2(C)[C@H](O)CC[C@@H]12. The zero-order valence-electron chi connectivity index (χ0n) is 13.3. The summed E-state index contributed by atoms with van der Waals surface area (Å²) in [5, 5.41) is 10.4. The molecule has 0 aromatic heterocycles. The van der Waals surface area contributed by atoms with Crippen LogP contribution in [0.5, 0.6) is 5.75 Å². The molecule has 4 rings (SSSR count). The minimum atomic E-state index is -0.189. The minimum Gasteiger partial charge on any atom is -0.497 e. The van der Waals surface area contributed by atoms with Gasteiger partial charge in [0.1, 0.15) is 5.75 Å². The Balaban J connectivity index is 1.75. The Labute approximate surface area is 131 Å². The maximum Gasteiger partial charge on any atom is 0.163 e. The molecule has 3 nitrogen and oxygen atoms in total. The highest BCUT2D eigenvalue weighted by Gasteiger charge is 2.55. The summed E-state index contributed by atoms with van der Waals surface area (Å²) < 4.78 is 5.28. The first kappa shape index (κ1) is 14.3. The molecule has 1 N–H and O–H groups in total. The summed E-state index contributed by atoms with van der Waals surface area (Å²) in [4.78, 5) is 12.7. The second kappa shape index (κ2) is 4.82. The molecule has 0 unspecified atom stereocenters. The first-order valence-electron chi connectivity index (χ1n) is 8.44. The summed E-state index contributed by atoms with van der Waals surface area (Å²) in [6, 6.07) is 5.98. The lowest BCUT2D eigenvalue weighted by Gasteiger charge is -2.49. The van der Waals surface area contributed by atoms with E-state index in [0.29, 0.717) is 24.2 Å². The van der Waals surface area contributed by atoms with E-state index in [4.69, 9.17) is 4.74 Å². The zero-order chi connectivity index (χ0) is 15.5. The van der Waals surface area contributed by atoms with Crippen LogP contribution in [0.2, 0.25) is 0 Å². The van der Waals surface area contributed by atoms with Crippen molar-refractivity contribution in [1.82, 2.24) is 0 Å². The molecule has 0 radical (unpaired) electrons. The Morgan fingerprint density at radius 3 is 2.86 bits per heavy atom. The maximum atomic E-state index is 12.7. The summed E-state index contributed by atoms with van der Waals surface area (Å²) in [6.45, 7) is 2.24. The van der Waals surface area contributed by atoms with E-state index in [0.717, 1.165) is 37.0 Å². The van der Waals surface area contributed by atoms with Gasteiger partial charge in [-0.15, -0.1) is 0 Å². The lowest BCUT2D eigenvalue weighted by Crippen LogP contribution is -2.44. The number of ketones is 1. The maximum absolute atomic E-state index is 12.7. The normalized spacial score (nSPS) is 39.9. The molecule has 2 fully saturated rings. The molecule has 0 heterocycles. The van der Waals surface area contributed by atoms with Gasteiger partial charge in [-0.2, -0.15) is 0 Å². The van der Waals surface area contributed by atoms with Crippen LogP contribution in [0.4, 0.5) is 0 Å². The predicted molar refractivity (Wildman–Crippen MR) is 84.2 cm³/mol. The van der Waals surface area contributed by atoms with Crippen molar-refractivity contribution >= 4 is 5.78 Å². The smallest absolute Gasteiger partial charge is 0.163 e. The average molecular weight is 300 g/mol. The van der Waals surface area contributed by atoms with E-state index in [2.05, 4.69) is 13.0 Å². The molecule has 118 valence electrons. The number of methoxy groups -OCH3 is 1. The summed E-state index contributed by atoms with van der Waals surface area (Å²) in [7, 11) is 1.64. The van der Waals surface area contributed by atoms with Crippen LogP contribution < -0.4 is 4.74 Å². The number of carbonyl (C=O) groups is 1. The van der Waals surface area contributed by atoms with E-state index in [1.165, 1.54) is 5.56 Å². The van der Waals surface area contributed by atoms with E-state index in [1.54, 1.807) is 7.11 Å². The van der Waals surface area contributed by atoms with Gasteiger partial charge in [0.25, 0.3) is 0 Å². The number of carbonyl (C=O) groups excluding carboxylic acids is 1. The van der Waals surface area contributed by atoms with Crippen molar-refractivity contribution in [1.29, 1.82) is 0 Å². The number of Topliss-reactive ketones (excluding diaryl/α,β-unsaturated/α-hetero) is 1. The summed E-state index contributed by atoms with van der Waals surface area (Å²) in [5.41, 5.74) is 2.10. The van der Waals surface area contributed by atoms with Gasteiger partial charge in [-0.25, -0.2) is 0 Å². The number of hydrogen-bond donors (Lipinski definition) is 1. The monoisotopic (exact) mass is 300 g/mol. The molecule has 5 atom stereocenters. The molecule has 0 amide bonds.